The molecule has 10 nitrogen and oxygen atoms in total. The molecule has 0 fully saturated rings. The van der Waals surface area contributed by atoms with Crippen molar-refractivity contribution in [3.05, 3.63) is 42.9 Å². The van der Waals surface area contributed by atoms with E-state index in [0.717, 1.165) is 11.3 Å². The van der Waals surface area contributed by atoms with Crippen molar-refractivity contribution in [2.45, 2.75) is 13.5 Å². The number of hydrogen-bond donors (Lipinski definition) is 2. The van der Waals surface area contributed by atoms with Crippen molar-refractivity contribution in [2.24, 2.45) is 0 Å². The van der Waals surface area contributed by atoms with Gasteiger partial charge in [-0.05, 0) is 22.9 Å². The summed E-state index contributed by atoms with van der Waals surface area (Å²) < 4.78 is 12.5. The Hall–Kier alpha value is -3.01. The predicted octanol–water partition coefficient (Wildman–Crippen LogP) is 0.794. The molecule has 0 aliphatic heterocycles. The van der Waals surface area contributed by atoms with Gasteiger partial charge in [0.1, 0.15) is 27.7 Å². The number of esters is 1. The van der Waals surface area contributed by atoms with Gasteiger partial charge in [0.2, 0.25) is 5.95 Å². The summed E-state index contributed by atoms with van der Waals surface area (Å²) in [5.74, 6) is 0.00891. The number of nitrogens with one attached hydrogen (secondary N) is 2. The summed E-state index contributed by atoms with van der Waals surface area (Å²) in [5, 5.41) is 15.4. The van der Waals surface area contributed by atoms with Crippen LogP contribution in [0.25, 0.3) is 11.8 Å². The van der Waals surface area contributed by atoms with E-state index in [4.69, 9.17) is 9.47 Å². The second-order valence-electron chi connectivity index (χ2n) is 5.79. The van der Waals surface area contributed by atoms with Gasteiger partial charge < -0.3 is 20.1 Å². The largest absolute Gasteiger partial charge is 0.457 e. The van der Waals surface area contributed by atoms with E-state index in [2.05, 4.69) is 43.1 Å². The lowest BCUT2D eigenvalue weighted by Crippen LogP contribution is -2.32. The van der Waals surface area contributed by atoms with Crippen LogP contribution in [-0.2, 0) is 20.8 Å². The highest BCUT2D eigenvalue weighted by Crippen LogP contribution is 2.19. The second-order valence-corrected chi connectivity index (χ2v) is 7.68. The van der Waals surface area contributed by atoms with Gasteiger partial charge >= 0.3 is 5.97 Å². The number of anilines is 2. The van der Waals surface area contributed by atoms with Crippen LogP contribution in [0.5, 0.6) is 0 Å². The van der Waals surface area contributed by atoms with Crippen LogP contribution >= 0.6 is 27.3 Å². The molecule has 0 unspecified atom stereocenters. The molecule has 0 amide bonds. The van der Waals surface area contributed by atoms with Gasteiger partial charge in [0, 0.05) is 32.6 Å². The van der Waals surface area contributed by atoms with Gasteiger partial charge in [-0.15, -0.1) is 11.3 Å². The van der Waals surface area contributed by atoms with Crippen LogP contribution in [0.2, 0.25) is 0 Å². The molecule has 2 rings (SSSR count). The van der Waals surface area contributed by atoms with E-state index >= 15 is 0 Å². The molecule has 2 heterocycles. The zero-order chi connectivity index (χ0) is 22.8. The lowest BCUT2D eigenvalue weighted by Gasteiger charge is -2.08. The monoisotopic (exact) mass is 508 g/mol. The third-order valence-corrected chi connectivity index (χ3v) is 5.47. The molecule has 0 bridgehead atoms. The number of hydrogen-bond acceptors (Lipinski definition) is 10. The maximum absolute atomic E-state index is 12.7. The second kappa shape index (κ2) is 12.0. The van der Waals surface area contributed by atoms with Crippen LogP contribution in [0.3, 0.4) is 0 Å². The van der Waals surface area contributed by atoms with E-state index < -0.39 is 5.97 Å². The van der Waals surface area contributed by atoms with Crippen molar-refractivity contribution in [1.29, 1.82) is 5.26 Å². The van der Waals surface area contributed by atoms with E-state index in [1.54, 1.807) is 20.2 Å². The number of aromatic nitrogens is 3. The Balaban J connectivity index is 2.42. The zero-order valence-electron chi connectivity index (χ0n) is 17.0. The smallest absolute Gasteiger partial charge is 0.352 e. The molecule has 2 aromatic heterocycles. The van der Waals surface area contributed by atoms with E-state index in [0.29, 0.717) is 23.4 Å². The van der Waals surface area contributed by atoms with Crippen molar-refractivity contribution in [3.8, 4) is 6.07 Å². The highest BCUT2D eigenvalue weighted by Gasteiger charge is 2.16. The lowest BCUT2D eigenvalue weighted by molar-refractivity contribution is -0.135. The molecule has 2 N–H and O–H groups in total. The Morgan fingerprint density at radius 2 is 2.29 bits per heavy atom. The molecule has 2 aromatic rings. The number of thiazole rings is 1. The number of rotatable bonds is 10. The van der Waals surface area contributed by atoms with Gasteiger partial charge in [-0.2, -0.15) is 10.2 Å². The summed E-state index contributed by atoms with van der Waals surface area (Å²) in [5.41, 5.74) is -0.593. The first-order chi connectivity index (χ1) is 15.0. The molecule has 31 heavy (non-hydrogen) atoms. The quantitative estimate of drug-likeness (QED) is 0.271. The molecule has 0 atom stereocenters. The highest BCUT2D eigenvalue weighted by atomic mass is 79.9. The SMILES string of the molecule is C=CCOC(=O)C(C#N)=c1sc(=CNc2ncc(Br)c(NCCOC)n2)c(=O)n1CC. The number of ether oxygens (including phenoxy) is 2. The molecule has 0 aliphatic rings. The number of halogens is 1. The first-order valence-corrected chi connectivity index (χ1v) is 10.7. The van der Waals surface area contributed by atoms with E-state index in [1.165, 1.54) is 16.8 Å². The minimum Gasteiger partial charge on any atom is -0.457 e. The Bertz CT molecular complexity index is 1170. The average Bonchev–Trinajstić information content (AvgIpc) is 3.08. The number of nitriles is 1. The third kappa shape index (κ3) is 6.24. The van der Waals surface area contributed by atoms with Gasteiger partial charge in [-0.1, -0.05) is 12.7 Å². The predicted molar refractivity (Wildman–Crippen MR) is 122 cm³/mol. The summed E-state index contributed by atoms with van der Waals surface area (Å²) >= 11 is 4.36. The molecule has 0 saturated carbocycles. The van der Waals surface area contributed by atoms with Crippen molar-refractivity contribution < 1.29 is 14.3 Å². The van der Waals surface area contributed by atoms with Crippen molar-refractivity contribution >= 4 is 56.8 Å². The Labute approximate surface area is 190 Å². The Morgan fingerprint density at radius 1 is 1.52 bits per heavy atom. The number of carbonyl (C=O) groups is 1. The zero-order valence-corrected chi connectivity index (χ0v) is 19.4. The molecule has 0 aliphatic carbocycles. The topological polar surface area (TPSA) is 131 Å². The van der Waals surface area contributed by atoms with Gasteiger partial charge in [-0.3, -0.25) is 9.36 Å². The number of carbonyl (C=O) groups excluding carboxylic acids is 1. The number of nitrogens with zero attached hydrogens (tertiary/aromatic N) is 4. The van der Waals surface area contributed by atoms with E-state index in [9.17, 15) is 14.9 Å². The van der Waals surface area contributed by atoms with Crippen LogP contribution in [0, 0.1) is 11.3 Å². The van der Waals surface area contributed by atoms with Gasteiger partial charge in [0.15, 0.2) is 5.57 Å². The third-order valence-electron chi connectivity index (χ3n) is 3.76. The van der Waals surface area contributed by atoms with E-state index in [1.807, 2.05) is 6.07 Å². The van der Waals surface area contributed by atoms with Gasteiger partial charge in [-0.25, -0.2) is 9.78 Å². The fourth-order valence-corrected chi connectivity index (χ4v) is 3.75. The van der Waals surface area contributed by atoms with E-state index in [-0.39, 0.29) is 39.4 Å². The van der Waals surface area contributed by atoms with Crippen molar-refractivity contribution in [2.75, 3.05) is 37.5 Å². The molecule has 164 valence electrons. The molecule has 0 spiro atoms. The molecule has 0 saturated heterocycles. The summed E-state index contributed by atoms with van der Waals surface area (Å²) in [6.45, 7) is 6.52. The van der Waals surface area contributed by atoms with Crippen LogP contribution < -0.4 is 25.4 Å². The lowest BCUT2D eigenvalue weighted by atomic mass is 10.3. The average molecular weight is 509 g/mol. The maximum Gasteiger partial charge on any atom is 0.352 e. The van der Waals surface area contributed by atoms with Crippen LogP contribution in [0.4, 0.5) is 11.8 Å². The Morgan fingerprint density at radius 3 is 2.94 bits per heavy atom. The normalized spacial score (nSPS) is 12.1. The summed E-state index contributed by atoms with van der Waals surface area (Å²) in [6, 6.07) is 1.83. The molecular weight excluding hydrogens is 488 g/mol. The maximum atomic E-state index is 12.7. The molecule has 0 radical (unpaired) electrons. The highest BCUT2D eigenvalue weighted by molar-refractivity contribution is 9.10. The van der Waals surface area contributed by atoms with Crippen molar-refractivity contribution in [1.82, 2.24) is 14.5 Å². The minimum atomic E-state index is -0.812. The first-order valence-electron chi connectivity index (χ1n) is 9.10. The first kappa shape index (κ1) is 24.3. The van der Waals surface area contributed by atoms with Crippen LogP contribution in [0.15, 0.2) is 28.1 Å². The Kier molecular flexibility index (Phi) is 9.39. The van der Waals surface area contributed by atoms with Crippen molar-refractivity contribution in [3.63, 3.8) is 0 Å². The molecular formula is C19H21BrN6O4S. The summed E-state index contributed by atoms with van der Waals surface area (Å²) in [7, 11) is 1.60. The molecule has 12 heteroatoms. The van der Waals surface area contributed by atoms with Crippen LogP contribution in [0.1, 0.15) is 6.92 Å². The number of methoxy groups -OCH3 is 1. The summed E-state index contributed by atoms with van der Waals surface area (Å²) in [6.07, 6.45) is 4.41. The minimum absolute atomic E-state index is 0.0338. The molecule has 0 aromatic carbocycles. The fraction of sp³-hybridized carbons (Fsp3) is 0.316. The fourth-order valence-electron chi connectivity index (χ4n) is 2.34. The standard InChI is InChI=1S/C19H21BrN6O4S/c1-4-7-30-18(28)12(9-21)17-26(5-2)16(27)14(31-17)11-24-19-23-10-13(20)15(25-19)22-6-8-29-3/h4,10-11H,1,5-8H2,2-3H3,(H2,22,23,24,25). The summed E-state index contributed by atoms with van der Waals surface area (Å²) in [4.78, 5) is 33.4. The van der Waals surface area contributed by atoms with Gasteiger partial charge in [0.25, 0.3) is 5.56 Å². The van der Waals surface area contributed by atoms with Crippen LogP contribution in [-0.4, -0.2) is 47.4 Å². The van der Waals surface area contributed by atoms with Gasteiger partial charge in [0.05, 0.1) is 11.1 Å².